The summed E-state index contributed by atoms with van der Waals surface area (Å²) in [6, 6.07) is 14.9. The highest BCUT2D eigenvalue weighted by atomic mass is 35.5. The summed E-state index contributed by atoms with van der Waals surface area (Å²) in [6.45, 7) is 9.56. The van der Waals surface area contributed by atoms with Crippen LogP contribution in [-0.4, -0.2) is 74.2 Å². The van der Waals surface area contributed by atoms with Gasteiger partial charge >= 0.3 is 11.9 Å². The molecule has 2 aromatic rings. The molecule has 1 saturated heterocycles. The Balaban J connectivity index is 1.34. The summed E-state index contributed by atoms with van der Waals surface area (Å²) < 4.78 is 11.2. The standard InChI is InChI=1S/C28H36Cl2N2O4/c1-3-21(23-9-5-7-11-25(23)29)27(33)35-19-17-31-13-15-32(16-14-31)18-20-36-28(34)22(4-2)24-10-6-8-12-26(24)30/h5-12,21-22H,3-4,13-20H2,1-2H3. The van der Waals surface area contributed by atoms with Crippen LogP contribution in [0.1, 0.15) is 49.7 Å². The maximum absolute atomic E-state index is 12.6. The van der Waals surface area contributed by atoms with Gasteiger partial charge in [0, 0.05) is 49.3 Å². The lowest BCUT2D eigenvalue weighted by Gasteiger charge is -2.34. The zero-order valence-corrected chi connectivity index (χ0v) is 22.6. The maximum atomic E-state index is 12.6. The molecule has 3 rings (SSSR count). The van der Waals surface area contributed by atoms with E-state index in [1.165, 1.54) is 0 Å². The Kier molecular flexibility index (Phi) is 11.5. The van der Waals surface area contributed by atoms with Crippen LogP contribution in [0.4, 0.5) is 0 Å². The molecule has 0 amide bonds. The van der Waals surface area contributed by atoms with Crippen LogP contribution in [0.2, 0.25) is 10.0 Å². The first kappa shape index (κ1) is 28.5. The molecular formula is C28H36Cl2N2O4. The number of carbonyl (C=O) groups is 2. The van der Waals surface area contributed by atoms with E-state index in [9.17, 15) is 9.59 Å². The fraction of sp³-hybridized carbons (Fsp3) is 0.500. The van der Waals surface area contributed by atoms with Gasteiger partial charge in [0.05, 0.1) is 11.8 Å². The van der Waals surface area contributed by atoms with Crippen LogP contribution in [0, 0.1) is 0 Å². The normalized spacial score (nSPS) is 16.3. The molecule has 2 unspecified atom stereocenters. The van der Waals surface area contributed by atoms with Crippen LogP contribution in [-0.2, 0) is 19.1 Å². The molecule has 196 valence electrons. The first-order chi connectivity index (χ1) is 17.4. The molecule has 0 aromatic heterocycles. The first-order valence-corrected chi connectivity index (χ1v) is 13.5. The Hall–Kier alpha value is -2.12. The topological polar surface area (TPSA) is 59.1 Å². The van der Waals surface area contributed by atoms with Gasteiger partial charge in [-0.25, -0.2) is 0 Å². The molecule has 1 aliphatic rings. The quantitative estimate of drug-likeness (QED) is 0.340. The highest BCUT2D eigenvalue weighted by Crippen LogP contribution is 2.29. The largest absolute Gasteiger partial charge is 0.464 e. The van der Waals surface area contributed by atoms with Crippen LogP contribution in [0.15, 0.2) is 48.5 Å². The molecule has 36 heavy (non-hydrogen) atoms. The number of nitrogens with zero attached hydrogens (tertiary/aromatic N) is 2. The molecule has 0 aliphatic carbocycles. The number of hydrogen-bond donors (Lipinski definition) is 0. The first-order valence-electron chi connectivity index (χ1n) is 12.7. The summed E-state index contributed by atoms with van der Waals surface area (Å²) in [7, 11) is 0. The van der Waals surface area contributed by atoms with Gasteiger partial charge in [-0.05, 0) is 36.1 Å². The van der Waals surface area contributed by atoms with E-state index in [0.29, 0.717) is 49.2 Å². The van der Waals surface area contributed by atoms with Gasteiger partial charge in [-0.1, -0.05) is 73.4 Å². The minimum absolute atomic E-state index is 0.228. The third kappa shape index (κ3) is 7.94. The van der Waals surface area contributed by atoms with Crippen molar-refractivity contribution in [1.29, 1.82) is 0 Å². The Morgan fingerprint density at radius 1 is 0.722 bits per heavy atom. The average Bonchev–Trinajstić information content (AvgIpc) is 2.88. The number of carbonyl (C=O) groups excluding carboxylic acids is 2. The number of ether oxygens (including phenoxy) is 2. The van der Waals surface area contributed by atoms with Gasteiger partial charge in [-0.2, -0.15) is 0 Å². The van der Waals surface area contributed by atoms with Crippen molar-refractivity contribution in [2.45, 2.75) is 38.5 Å². The van der Waals surface area contributed by atoms with Crippen molar-refractivity contribution in [2.24, 2.45) is 0 Å². The molecule has 0 bridgehead atoms. The molecule has 6 nitrogen and oxygen atoms in total. The number of benzene rings is 2. The van der Waals surface area contributed by atoms with E-state index in [0.717, 1.165) is 37.3 Å². The lowest BCUT2D eigenvalue weighted by Crippen LogP contribution is -2.48. The van der Waals surface area contributed by atoms with E-state index < -0.39 is 0 Å². The SMILES string of the molecule is CCC(C(=O)OCCN1CCN(CCOC(=O)C(CC)c2ccccc2Cl)CC1)c1ccccc1Cl. The van der Waals surface area contributed by atoms with Crippen molar-refractivity contribution in [3.05, 3.63) is 69.7 Å². The Morgan fingerprint density at radius 2 is 1.08 bits per heavy atom. The highest BCUT2D eigenvalue weighted by molar-refractivity contribution is 6.32. The lowest BCUT2D eigenvalue weighted by atomic mass is 9.97. The minimum Gasteiger partial charge on any atom is -0.464 e. The summed E-state index contributed by atoms with van der Waals surface area (Å²) in [5.41, 5.74) is 1.64. The molecule has 2 atom stereocenters. The van der Waals surface area contributed by atoms with Crippen molar-refractivity contribution >= 4 is 35.1 Å². The summed E-state index contributed by atoms with van der Waals surface area (Å²) in [4.78, 5) is 29.8. The molecule has 8 heteroatoms. The van der Waals surface area contributed by atoms with Crippen LogP contribution in [0.3, 0.4) is 0 Å². The number of halogens is 2. The highest BCUT2D eigenvalue weighted by Gasteiger charge is 2.24. The van der Waals surface area contributed by atoms with Crippen LogP contribution < -0.4 is 0 Å². The second kappa shape index (κ2) is 14.6. The van der Waals surface area contributed by atoms with E-state index in [-0.39, 0.29) is 23.8 Å². The van der Waals surface area contributed by atoms with Gasteiger partial charge in [0.2, 0.25) is 0 Å². The van der Waals surface area contributed by atoms with Gasteiger partial charge in [0.15, 0.2) is 0 Å². The van der Waals surface area contributed by atoms with E-state index in [1.54, 1.807) is 12.1 Å². The minimum atomic E-state index is -0.344. The van der Waals surface area contributed by atoms with Gasteiger partial charge in [0.25, 0.3) is 0 Å². The molecule has 0 saturated carbocycles. The molecule has 1 heterocycles. The fourth-order valence-electron chi connectivity index (χ4n) is 4.53. The van der Waals surface area contributed by atoms with Gasteiger partial charge in [-0.15, -0.1) is 0 Å². The maximum Gasteiger partial charge on any atom is 0.313 e. The smallest absolute Gasteiger partial charge is 0.313 e. The lowest BCUT2D eigenvalue weighted by molar-refractivity contribution is -0.147. The number of hydrogen-bond acceptors (Lipinski definition) is 6. The van der Waals surface area contributed by atoms with E-state index >= 15 is 0 Å². The number of piperazine rings is 1. The fourth-order valence-corrected chi connectivity index (χ4v) is 5.07. The van der Waals surface area contributed by atoms with Gasteiger partial charge in [-0.3, -0.25) is 19.4 Å². The Morgan fingerprint density at radius 3 is 1.42 bits per heavy atom. The van der Waals surface area contributed by atoms with E-state index in [2.05, 4.69) is 9.80 Å². The predicted octanol–water partition coefficient (Wildman–Crippen LogP) is 5.38. The second-order valence-corrected chi connectivity index (χ2v) is 9.80. The summed E-state index contributed by atoms with van der Waals surface area (Å²) in [5, 5.41) is 1.19. The van der Waals surface area contributed by atoms with Crippen LogP contribution in [0.25, 0.3) is 0 Å². The average molecular weight is 536 g/mol. The summed E-state index contributed by atoms with van der Waals surface area (Å²) in [5.74, 6) is -1.14. The molecule has 0 radical (unpaired) electrons. The van der Waals surface area contributed by atoms with Crippen molar-refractivity contribution < 1.29 is 19.1 Å². The molecular weight excluding hydrogens is 499 g/mol. The number of esters is 2. The van der Waals surface area contributed by atoms with E-state index in [1.807, 2.05) is 50.2 Å². The molecule has 0 N–H and O–H groups in total. The zero-order valence-electron chi connectivity index (χ0n) is 21.1. The third-order valence-corrected chi connectivity index (χ3v) is 7.40. The van der Waals surface area contributed by atoms with Crippen molar-refractivity contribution in [1.82, 2.24) is 9.80 Å². The third-order valence-electron chi connectivity index (χ3n) is 6.72. The molecule has 1 fully saturated rings. The van der Waals surface area contributed by atoms with E-state index in [4.69, 9.17) is 32.7 Å². The molecule has 0 spiro atoms. The number of rotatable bonds is 12. The monoisotopic (exact) mass is 534 g/mol. The Bertz CT molecular complexity index is 916. The zero-order chi connectivity index (χ0) is 25.9. The van der Waals surface area contributed by atoms with Crippen molar-refractivity contribution in [2.75, 3.05) is 52.5 Å². The van der Waals surface area contributed by atoms with Crippen molar-refractivity contribution in [3.63, 3.8) is 0 Å². The van der Waals surface area contributed by atoms with Gasteiger partial charge < -0.3 is 9.47 Å². The van der Waals surface area contributed by atoms with Crippen LogP contribution >= 0.6 is 23.2 Å². The second-order valence-electron chi connectivity index (χ2n) is 8.98. The molecule has 1 aliphatic heterocycles. The summed E-state index contributed by atoms with van der Waals surface area (Å²) >= 11 is 12.5. The van der Waals surface area contributed by atoms with Crippen molar-refractivity contribution in [3.8, 4) is 0 Å². The van der Waals surface area contributed by atoms with Gasteiger partial charge in [0.1, 0.15) is 13.2 Å². The Labute approximate surface area is 224 Å². The summed E-state index contributed by atoms with van der Waals surface area (Å²) in [6.07, 6.45) is 1.28. The predicted molar refractivity (Wildman–Crippen MR) is 144 cm³/mol. The molecule has 2 aromatic carbocycles. The van der Waals surface area contributed by atoms with Crippen LogP contribution in [0.5, 0.6) is 0 Å².